The van der Waals surface area contributed by atoms with Crippen molar-refractivity contribution in [2.75, 3.05) is 6.61 Å². The van der Waals surface area contributed by atoms with E-state index in [1.165, 1.54) is 12.8 Å². The summed E-state index contributed by atoms with van der Waals surface area (Å²) in [5, 5.41) is 0. The normalized spacial score (nSPS) is 15.1. The van der Waals surface area contributed by atoms with Crippen LogP contribution in [0, 0.1) is 17.8 Å². The fraction of sp³-hybridized carbons (Fsp3) is 0.522. The molecule has 0 spiro atoms. The molecule has 3 nitrogen and oxygen atoms in total. The lowest BCUT2D eigenvalue weighted by molar-refractivity contribution is 0.246. The van der Waals surface area contributed by atoms with Crippen molar-refractivity contribution in [2.45, 2.75) is 53.1 Å². The Morgan fingerprint density at radius 1 is 1.00 bits per heavy atom. The van der Waals surface area contributed by atoms with Crippen molar-refractivity contribution in [3.05, 3.63) is 53.7 Å². The molecule has 0 aliphatic heterocycles. The summed E-state index contributed by atoms with van der Waals surface area (Å²) in [5.74, 6) is 3.48. The molecule has 3 heteroatoms. The molecule has 1 atom stereocenters. The Morgan fingerprint density at radius 3 is 2.46 bits per heavy atom. The SMILES string of the molecule is CC(C)C(C)Cc1ccc(OCc2ccccc2)c(OCCC2CC2)n1. The van der Waals surface area contributed by atoms with Crippen LogP contribution >= 0.6 is 0 Å². The molecule has 1 fully saturated rings. The smallest absolute Gasteiger partial charge is 0.257 e. The maximum atomic E-state index is 6.02. The Bertz CT molecular complexity index is 680. The van der Waals surface area contributed by atoms with Crippen molar-refractivity contribution in [2.24, 2.45) is 17.8 Å². The number of hydrogen-bond acceptors (Lipinski definition) is 3. The molecular weight excluding hydrogens is 322 g/mol. The molecule has 1 aromatic heterocycles. The standard InChI is InChI=1S/C23H31NO2/c1-17(2)18(3)15-21-11-12-22(26-16-20-7-5-4-6-8-20)23(24-21)25-14-13-19-9-10-19/h4-8,11-12,17-19H,9-10,13-16H2,1-3H3. The molecule has 1 aliphatic carbocycles. The average molecular weight is 354 g/mol. The first-order valence-electron chi connectivity index (χ1n) is 9.91. The van der Waals surface area contributed by atoms with Gasteiger partial charge in [-0.15, -0.1) is 0 Å². The number of aromatic nitrogens is 1. The summed E-state index contributed by atoms with van der Waals surface area (Å²) < 4.78 is 12.0. The molecule has 0 saturated heterocycles. The van der Waals surface area contributed by atoms with Crippen LogP contribution in [-0.2, 0) is 13.0 Å². The third kappa shape index (κ3) is 5.76. The largest absolute Gasteiger partial charge is 0.483 e. The van der Waals surface area contributed by atoms with Gasteiger partial charge >= 0.3 is 0 Å². The van der Waals surface area contributed by atoms with Crippen molar-refractivity contribution < 1.29 is 9.47 Å². The summed E-state index contributed by atoms with van der Waals surface area (Å²) in [4.78, 5) is 4.78. The van der Waals surface area contributed by atoms with E-state index in [4.69, 9.17) is 14.5 Å². The molecule has 1 aromatic carbocycles. The maximum Gasteiger partial charge on any atom is 0.257 e. The van der Waals surface area contributed by atoms with E-state index in [1.54, 1.807) is 0 Å². The predicted octanol–water partition coefficient (Wildman–Crippen LogP) is 5.67. The van der Waals surface area contributed by atoms with Gasteiger partial charge in [-0.05, 0) is 48.3 Å². The second-order valence-corrected chi connectivity index (χ2v) is 7.89. The van der Waals surface area contributed by atoms with Crippen molar-refractivity contribution in [1.29, 1.82) is 0 Å². The number of hydrogen-bond donors (Lipinski definition) is 0. The third-order valence-electron chi connectivity index (χ3n) is 5.25. The Balaban J connectivity index is 1.67. The van der Waals surface area contributed by atoms with E-state index in [2.05, 4.69) is 39.0 Å². The van der Waals surface area contributed by atoms with Crippen LogP contribution in [0.2, 0.25) is 0 Å². The Kier molecular flexibility index (Phi) is 6.54. The molecule has 1 aliphatic rings. The van der Waals surface area contributed by atoms with Gasteiger partial charge in [-0.25, -0.2) is 4.98 Å². The van der Waals surface area contributed by atoms with Crippen LogP contribution in [0.4, 0.5) is 0 Å². The third-order valence-corrected chi connectivity index (χ3v) is 5.25. The van der Waals surface area contributed by atoms with E-state index >= 15 is 0 Å². The number of nitrogens with zero attached hydrogens (tertiary/aromatic N) is 1. The summed E-state index contributed by atoms with van der Waals surface area (Å²) in [7, 11) is 0. The molecule has 3 rings (SSSR count). The summed E-state index contributed by atoms with van der Waals surface area (Å²) in [5.41, 5.74) is 2.23. The van der Waals surface area contributed by atoms with Crippen LogP contribution in [0.1, 0.15) is 51.3 Å². The van der Waals surface area contributed by atoms with Crippen molar-refractivity contribution in [1.82, 2.24) is 4.98 Å². The van der Waals surface area contributed by atoms with Gasteiger partial charge in [0.15, 0.2) is 5.75 Å². The molecule has 0 bridgehead atoms. The number of pyridine rings is 1. The highest BCUT2D eigenvalue weighted by Gasteiger charge is 2.21. The maximum absolute atomic E-state index is 6.02. The number of benzene rings is 1. The minimum absolute atomic E-state index is 0.531. The zero-order valence-corrected chi connectivity index (χ0v) is 16.3. The van der Waals surface area contributed by atoms with E-state index in [9.17, 15) is 0 Å². The predicted molar refractivity (Wildman–Crippen MR) is 106 cm³/mol. The molecule has 26 heavy (non-hydrogen) atoms. The molecular formula is C23H31NO2. The van der Waals surface area contributed by atoms with Gasteiger partial charge in [0.25, 0.3) is 5.88 Å². The molecule has 0 radical (unpaired) electrons. The first-order chi connectivity index (χ1) is 12.6. The summed E-state index contributed by atoms with van der Waals surface area (Å²) >= 11 is 0. The van der Waals surface area contributed by atoms with E-state index in [1.807, 2.05) is 24.3 Å². The fourth-order valence-electron chi connectivity index (χ4n) is 2.82. The number of ether oxygens (including phenoxy) is 2. The van der Waals surface area contributed by atoms with Crippen LogP contribution < -0.4 is 9.47 Å². The van der Waals surface area contributed by atoms with Gasteiger partial charge in [-0.2, -0.15) is 0 Å². The first-order valence-corrected chi connectivity index (χ1v) is 9.91. The minimum atomic E-state index is 0.531. The van der Waals surface area contributed by atoms with Crippen LogP contribution in [0.3, 0.4) is 0 Å². The van der Waals surface area contributed by atoms with Crippen LogP contribution in [0.5, 0.6) is 11.6 Å². The Morgan fingerprint density at radius 2 is 1.77 bits per heavy atom. The van der Waals surface area contributed by atoms with Gasteiger partial charge in [0.2, 0.25) is 0 Å². The summed E-state index contributed by atoms with van der Waals surface area (Å²) in [6.45, 7) is 8.05. The highest BCUT2D eigenvalue weighted by molar-refractivity contribution is 5.35. The fourth-order valence-corrected chi connectivity index (χ4v) is 2.82. The second kappa shape index (κ2) is 9.07. The lowest BCUT2D eigenvalue weighted by Gasteiger charge is -2.17. The van der Waals surface area contributed by atoms with Gasteiger partial charge < -0.3 is 9.47 Å². The summed E-state index contributed by atoms with van der Waals surface area (Å²) in [6.07, 6.45) is 4.78. The van der Waals surface area contributed by atoms with Crippen LogP contribution in [0.15, 0.2) is 42.5 Å². The topological polar surface area (TPSA) is 31.4 Å². The van der Waals surface area contributed by atoms with Gasteiger partial charge in [0.1, 0.15) is 6.61 Å². The number of rotatable bonds is 10. The monoisotopic (exact) mass is 353 g/mol. The second-order valence-electron chi connectivity index (χ2n) is 7.89. The van der Waals surface area contributed by atoms with Crippen molar-refractivity contribution in [3.8, 4) is 11.6 Å². The first kappa shape index (κ1) is 18.8. The van der Waals surface area contributed by atoms with Gasteiger partial charge in [0, 0.05) is 5.69 Å². The highest BCUT2D eigenvalue weighted by Crippen LogP contribution is 2.33. The van der Waals surface area contributed by atoms with E-state index in [-0.39, 0.29) is 0 Å². The summed E-state index contributed by atoms with van der Waals surface area (Å²) in [6, 6.07) is 14.3. The molecule has 0 amide bonds. The minimum Gasteiger partial charge on any atom is -0.483 e. The lowest BCUT2D eigenvalue weighted by atomic mass is 9.93. The highest BCUT2D eigenvalue weighted by atomic mass is 16.5. The van der Waals surface area contributed by atoms with Gasteiger partial charge in [-0.1, -0.05) is 63.9 Å². The molecule has 140 valence electrons. The zero-order chi connectivity index (χ0) is 18.4. The van der Waals surface area contributed by atoms with Crippen LogP contribution in [-0.4, -0.2) is 11.6 Å². The van der Waals surface area contributed by atoms with E-state index in [0.717, 1.165) is 42.4 Å². The zero-order valence-electron chi connectivity index (χ0n) is 16.3. The molecule has 2 aromatic rings. The molecule has 1 unspecified atom stereocenters. The van der Waals surface area contributed by atoms with Gasteiger partial charge in [0.05, 0.1) is 6.61 Å². The molecule has 0 N–H and O–H groups in total. The van der Waals surface area contributed by atoms with E-state index in [0.29, 0.717) is 24.3 Å². The molecule has 1 heterocycles. The Hall–Kier alpha value is -2.03. The van der Waals surface area contributed by atoms with Gasteiger partial charge in [-0.3, -0.25) is 0 Å². The molecule has 1 saturated carbocycles. The van der Waals surface area contributed by atoms with Crippen molar-refractivity contribution >= 4 is 0 Å². The average Bonchev–Trinajstić information content (AvgIpc) is 3.46. The van der Waals surface area contributed by atoms with Crippen LogP contribution in [0.25, 0.3) is 0 Å². The van der Waals surface area contributed by atoms with Crippen molar-refractivity contribution in [3.63, 3.8) is 0 Å². The lowest BCUT2D eigenvalue weighted by Crippen LogP contribution is -2.10. The Labute approximate surface area is 157 Å². The quantitative estimate of drug-likeness (QED) is 0.551. The van der Waals surface area contributed by atoms with E-state index < -0.39 is 0 Å².